The molecule has 8 nitrogen and oxygen atoms in total. The highest BCUT2D eigenvalue weighted by Gasteiger charge is 2.29. The van der Waals surface area contributed by atoms with Crippen LogP contribution in [-0.2, 0) is 4.74 Å². The second-order valence-corrected chi connectivity index (χ2v) is 8.23. The molecule has 3 N–H and O–H groups in total. The minimum Gasteiger partial charge on any atom is -0.468 e. The summed E-state index contributed by atoms with van der Waals surface area (Å²) in [5.41, 5.74) is 1.48. The lowest BCUT2D eigenvalue weighted by Gasteiger charge is -2.20. The summed E-state index contributed by atoms with van der Waals surface area (Å²) in [7, 11) is 1.58. The zero-order valence-corrected chi connectivity index (χ0v) is 19.1. The van der Waals surface area contributed by atoms with Crippen LogP contribution in [0.3, 0.4) is 0 Å². The van der Waals surface area contributed by atoms with Gasteiger partial charge in [-0.1, -0.05) is 11.6 Å². The second kappa shape index (κ2) is 11.2. The summed E-state index contributed by atoms with van der Waals surface area (Å²) in [6, 6.07) is 3.03. The van der Waals surface area contributed by atoms with Gasteiger partial charge in [-0.15, -0.1) is 0 Å². The molecule has 0 saturated heterocycles. The number of alkyl halides is 3. The second-order valence-electron chi connectivity index (χ2n) is 7.87. The van der Waals surface area contributed by atoms with E-state index in [-0.39, 0.29) is 29.6 Å². The number of hydrogen-bond donors (Lipinski definition) is 3. The molecule has 0 radical (unpaired) electrons. The maximum atomic E-state index is 12.5. The number of aryl methyl sites for hydroxylation is 1. The number of nitrogens with zero attached hydrogens (tertiary/aromatic N) is 3. The van der Waals surface area contributed by atoms with E-state index in [0.717, 1.165) is 19.3 Å². The molecule has 1 aliphatic rings. The molecule has 0 amide bonds. The van der Waals surface area contributed by atoms with E-state index in [2.05, 4.69) is 25.6 Å². The Kier molecular flexibility index (Phi) is 8.55. The van der Waals surface area contributed by atoms with Crippen molar-refractivity contribution < 1.29 is 27.8 Å². The fraction of sp³-hybridized carbons (Fsp3) is 0.571. The Balaban J connectivity index is 1.92. The first-order valence-electron chi connectivity index (χ1n) is 10.6. The molecule has 1 saturated carbocycles. The number of pyridine rings is 1. The Bertz CT molecular complexity index is 948. The summed E-state index contributed by atoms with van der Waals surface area (Å²) in [4.78, 5) is 13.0. The molecule has 0 aliphatic heterocycles. The summed E-state index contributed by atoms with van der Waals surface area (Å²) in [6.07, 6.45) is -1.92. The van der Waals surface area contributed by atoms with Crippen LogP contribution in [0.4, 0.5) is 24.9 Å². The highest BCUT2D eigenvalue weighted by Crippen LogP contribution is 2.38. The van der Waals surface area contributed by atoms with Gasteiger partial charge in [0.05, 0.1) is 12.2 Å². The van der Waals surface area contributed by atoms with Crippen LogP contribution in [0.25, 0.3) is 11.1 Å². The van der Waals surface area contributed by atoms with Gasteiger partial charge < -0.3 is 25.2 Å². The van der Waals surface area contributed by atoms with Crippen molar-refractivity contribution in [2.24, 2.45) is 5.92 Å². The van der Waals surface area contributed by atoms with Crippen LogP contribution < -0.4 is 15.4 Å². The summed E-state index contributed by atoms with van der Waals surface area (Å²) in [6.45, 7) is 1.28. The molecule has 12 heteroatoms. The molecular weight excluding hydrogens is 463 g/mol. The average molecular weight is 490 g/mol. The number of aromatic nitrogens is 3. The molecule has 2 aromatic heterocycles. The quantitative estimate of drug-likeness (QED) is 0.339. The van der Waals surface area contributed by atoms with Crippen LogP contribution in [0.15, 0.2) is 12.1 Å². The molecule has 33 heavy (non-hydrogen) atoms. The number of methoxy groups -OCH3 is 1. The van der Waals surface area contributed by atoms with Gasteiger partial charge in [0.25, 0.3) is 0 Å². The number of hydrogen-bond acceptors (Lipinski definition) is 8. The molecule has 182 valence electrons. The molecule has 2 aromatic rings. The molecular formula is C21H27ClF3N5O3. The fourth-order valence-corrected chi connectivity index (χ4v) is 4.00. The highest BCUT2D eigenvalue weighted by molar-refractivity contribution is 6.32. The van der Waals surface area contributed by atoms with E-state index in [1.807, 2.05) is 0 Å². The lowest BCUT2D eigenvalue weighted by Crippen LogP contribution is -2.20. The van der Waals surface area contributed by atoms with E-state index >= 15 is 0 Å². The van der Waals surface area contributed by atoms with Crippen molar-refractivity contribution in [1.82, 2.24) is 15.0 Å². The van der Waals surface area contributed by atoms with Gasteiger partial charge >= 0.3 is 6.18 Å². The molecule has 0 spiro atoms. The molecule has 0 unspecified atom stereocenters. The molecule has 1 aliphatic carbocycles. The van der Waals surface area contributed by atoms with Gasteiger partial charge in [-0.3, -0.25) is 0 Å². The van der Waals surface area contributed by atoms with Crippen LogP contribution in [0, 0.1) is 12.8 Å². The van der Waals surface area contributed by atoms with Crippen molar-refractivity contribution in [2.75, 3.05) is 44.1 Å². The first-order valence-corrected chi connectivity index (χ1v) is 10.9. The predicted molar refractivity (Wildman–Crippen MR) is 119 cm³/mol. The number of rotatable bonds is 10. The summed E-state index contributed by atoms with van der Waals surface area (Å²) in [5, 5.41) is 16.1. The van der Waals surface area contributed by atoms with E-state index in [0.29, 0.717) is 41.7 Å². The van der Waals surface area contributed by atoms with Gasteiger partial charge in [0.15, 0.2) is 6.61 Å². The van der Waals surface area contributed by atoms with Gasteiger partial charge in [0.1, 0.15) is 11.0 Å². The molecule has 1 fully saturated rings. The topological polar surface area (TPSA) is 101 Å². The maximum absolute atomic E-state index is 12.5. The number of anilines is 2. The zero-order valence-electron chi connectivity index (χ0n) is 18.4. The Hall–Kier alpha value is -2.37. The minimum atomic E-state index is -4.46. The van der Waals surface area contributed by atoms with Gasteiger partial charge in [-0.25, -0.2) is 9.97 Å². The lowest BCUT2D eigenvalue weighted by molar-refractivity contribution is -0.154. The SMILES string of the molecule is COCCNc1nc(Cl)c(-c2ccc(OCC(F)(F)F)nc2C)c(N[C@H]2CC[C@@H](CO)C2)n1. The van der Waals surface area contributed by atoms with Crippen molar-refractivity contribution >= 4 is 23.4 Å². The van der Waals surface area contributed by atoms with E-state index in [9.17, 15) is 18.3 Å². The number of ether oxygens (including phenoxy) is 2. The van der Waals surface area contributed by atoms with Crippen LogP contribution >= 0.6 is 11.6 Å². The number of aliphatic hydroxyl groups is 1. The average Bonchev–Trinajstić information content (AvgIpc) is 3.20. The van der Waals surface area contributed by atoms with Crippen LogP contribution in [0.5, 0.6) is 5.88 Å². The Labute approximate surface area is 194 Å². The number of halogens is 4. The fourth-order valence-electron chi connectivity index (χ4n) is 3.72. The zero-order chi connectivity index (χ0) is 24.0. The van der Waals surface area contributed by atoms with Gasteiger partial charge in [-0.2, -0.15) is 18.2 Å². The minimum absolute atomic E-state index is 0.0846. The standard InChI is InChI=1S/C21H27ClF3N5O3/c1-12-15(5-6-16(27-12)33-11-21(23,24)25)17-18(22)29-20(26-7-8-32-2)30-19(17)28-14-4-3-13(9-14)10-31/h5-6,13-14,31H,3-4,7-11H2,1-2H3,(H2,26,28,29,30)/t13-,14+/m1/s1. The van der Waals surface area contributed by atoms with Gasteiger partial charge in [0, 0.05) is 43.6 Å². The van der Waals surface area contributed by atoms with Gasteiger partial charge in [-0.05, 0) is 38.2 Å². The molecule has 0 aromatic carbocycles. The lowest BCUT2D eigenvalue weighted by atomic mass is 10.1. The third-order valence-electron chi connectivity index (χ3n) is 5.31. The van der Waals surface area contributed by atoms with Gasteiger partial charge in [0.2, 0.25) is 11.8 Å². The van der Waals surface area contributed by atoms with Crippen molar-refractivity contribution in [3.05, 3.63) is 23.0 Å². The maximum Gasteiger partial charge on any atom is 0.422 e. The monoisotopic (exact) mass is 489 g/mol. The summed E-state index contributed by atoms with van der Waals surface area (Å²) < 4.78 is 47.2. The van der Waals surface area contributed by atoms with E-state index in [1.165, 1.54) is 6.07 Å². The third-order valence-corrected chi connectivity index (χ3v) is 5.58. The van der Waals surface area contributed by atoms with E-state index < -0.39 is 12.8 Å². The number of nitrogens with one attached hydrogen (secondary N) is 2. The van der Waals surface area contributed by atoms with Crippen molar-refractivity contribution in [3.63, 3.8) is 0 Å². The molecule has 2 atom stereocenters. The van der Waals surface area contributed by atoms with E-state index in [4.69, 9.17) is 21.1 Å². The Morgan fingerprint density at radius 1 is 1.21 bits per heavy atom. The van der Waals surface area contributed by atoms with Crippen molar-refractivity contribution in [3.8, 4) is 17.0 Å². The first-order chi connectivity index (χ1) is 15.7. The highest BCUT2D eigenvalue weighted by atomic mass is 35.5. The molecule has 2 heterocycles. The third kappa shape index (κ3) is 7.05. The van der Waals surface area contributed by atoms with Crippen LogP contribution in [-0.4, -0.2) is 65.8 Å². The van der Waals surface area contributed by atoms with Crippen molar-refractivity contribution in [1.29, 1.82) is 0 Å². The Morgan fingerprint density at radius 2 is 2.00 bits per heavy atom. The summed E-state index contributed by atoms with van der Waals surface area (Å²) in [5.74, 6) is 0.874. The predicted octanol–water partition coefficient (Wildman–Crippen LogP) is 4.07. The largest absolute Gasteiger partial charge is 0.468 e. The molecule has 0 bridgehead atoms. The van der Waals surface area contributed by atoms with E-state index in [1.54, 1.807) is 20.1 Å². The van der Waals surface area contributed by atoms with Crippen LogP contribution in [0.2, 0.25) is 5.15 Å². The smallest absolute Gasteiger partial charge is 0.422 e. The Morgan fingerprint density at radius 3 is 2.64 bits per heavy atom. The first kappa shape index (κ1) is 25.3. The summed E-state index contributed by atoms with van der Waals surface area (Å²) >= 11 is 6.55. The molecule has 3 rings (SSSR count). The normalized spacial score (nSPS) is 18.4. The van der Waals surface area contributed by atoms with Crippen LogP contribution in [0.1, 0.15) is 25.0 Å². The number of aliphatic hydroxyl groups excluding tert-OH is 1. The van der Waals surface area contributed by atoms with Crippen molar-refractivity contribution in [2.45, 2.75) is 38.4 Å².